The first-order chi connectivity index (χ1) is 9.12. The summed E-state index contributed by atoms with van der Waals surface area (Å²) in [6.07, 6.45) is 0.357. The van der Waals surface area contributed by atoms with Crippen molar-refractivity contribution in [3.8, 4) is 0 Å². The van der Waals surface area contributed by atoms with Gasteiger partial charge in [0.25, 0.3) is 5.91 Å². The fraction of sp³-hybridized carbons (Fsp3) is 0.571. The van der Waals surface area contributed by atoms with E-state index in [9.17, 15) is 9.59 Å². The Morgan fingerprint density at radius 1 is 1.10 bits per heavy atom. The Morgan fingerprint density at radius 2 is 1.65 bits per heavy atom. The lowest BCUT2D eigenvalue weighted by Gasteiger charge is -2.25. The summed E-state index contributed by atoms with van der Waals surface area (Å²) >= 11 is 0. The number of hydrogen-bond acceptors (Lipinski definition) is 4. The maximum atomic E-state index is 12.2. The lowest BCUT2D eigenvalue weighted by Crippen LogP contribution is -2.44. The number of hydrogen-bond donors (Lipinski definition) is 2. The second-order valence-electron chi connectivity index (χ2n) is 5.56. The summed E-state index contributed by atoms with van der Waals surface area (Å²) in [6.45, 7) is 8.95. The molecule has 0 aromatic carbocycles. The monoisotopic (exact) mass is 279 g/mol. The molecule has 1 rings (SSSR count). The van der Waals surface area contributed by atoms with Gasteiger partial charge in [0, 0.05) is 12.0 Å². The van der Waals surface area contributed by atoms with E-state index in [0.717, 1.165) is 5.69 Å². The molecular formula is C14H21N3O3. The molecule has 0 aliphatic heterocycles. The number of nitrogens with one attached hydrogen (secondary N) is 1. The molecule has 0 unspecified atom stereocenters. The highest BCUT2D eigenvalue weighted by Gasteiger charge is 2.24. The van der Waals surface area contributed by atoms with Gasteiger partial charge in [-0.05, 0) is 41.0 Å². The average Bonchev–Trinajstić information content (AvgIpc) is 2.30. The maximum absolute atomic E-state index is 12.2. The Kier molecular flexibility index (Phi) is 4.81. The number of aliphatic carboxylic acids is 1. The quantitative estimate of drug-likeness (QED) is 0.857. The minimum Gasteiger partial charge on any atom is -0.481 e. The molecule has 0 aliphatic rings. The Hall–Kier alpha value is -1.98. The molecule has 0 fully saturated rings. The topological polar surface area (TPSA) is 92.2 Å². The molecular weight excluding hydrogens is 258 g/mol. The van der Waals surface area contributed by atoms with Crippen molar-refractivity contribution < 1.29 is 14.7 Å². The average molecular weight is 279 g/mol. The van der Waals surface area contributed by atoms with E-state index >= 15 is 0 Å². The molecule has 0 bridgehead atoms. The van der Waals surface area contributed by atoms with Crippen molar-refractivity contribution in [2.24, 2.45) is 0 Å². The number of carboxylic acid groups (broad SMARTS) is 1. The van der Waals surface area contributed by atoms with Crippen molar-refractivity contribution in [3.63, 3.8) is 0 Å². The lowest BCUT2D eigenvalue weighted by atomic mass is 9.98. The highest BCUT2D eigenvalue weighted by Crippen LogP contribution is 2.14. The van der Waals surface area contributed by atoms with Crippen molar-refractivity contribution in [2.75, 3.05) is 0 Å². The van der Waals surface area contributed by atoms with Gasteiger partial charge in [-0.25, -0.2) is 4.98 Å². The van der Waals surface area contributed by atoms with Gasteiger partial charge in [0.15, 0.2) is 0 Å². The van der Waals surface area contributed by atoms with Gasteiger partial charge >= 0.3 is 5.97 Å². The van der Waals surface area contributed by atoms with Crippen LogP contribution in [0.15, 0.2) is 0 Å². The molecule has 0 spiro atoms. The van der Waals surface area contributed by atoms with Crippen LogP contribution in [0.5, 0.6) is 0 Å². The molecule has 6 nitrogen and oxygen atoms in total. The van der Waals surface area contributed by atoms with Crippen LogP contribution in [0.4, 0.5) is 0 Å². The number of nitrogens with zero attached hydrogens (tertiary/aromatic N) is 2. The molecule has 0 saturated heterocycles. The Balaban J connectivity index is 2.86. The van der Waals surface area contributed by atoms with E-state index < -0.39 is 11.5 Å². The molecule has 1 heterocycles. The predicted molar refractivity (Wildman–Crippen MR) is 74.7 cm³/mol. The van der Waals surface area contributed by atoms with Crippen LogP contribution in [0, 0.1) is 20.8 Å². The molecule has 0 aliphatic carbocycles. The summed E-state index contributed by atoms with van der Waals surface area (Å²) < 4.78 is 0. The molecule has 0 atom stereocenters. The van der Waals surface area contributed by atoms with E-state index in [2.05, 4.69) is 15.3 Å². The summed E-state index contributed by atoms with van der Waals surface area (Å²) in [5, 5.41) is 11.5. The third kappa shape index (κ3) is 4.29. The van der Waals surface area contributed by atoms with Crippen LogP contribution in [0.1, 0.15) is 54.3 Å². The van der Waals surface area contributed by atoms with E-state index in [4.69, 9.17) is 5.11 Å². The van der Waals surface area contributed by atoms with E-state index in [1.165, 1.54) is 0 Å². The second-order valence-corrected chi connectivity index (χ2v) is 5.56. The van der Waals surface area contributed by atoms with Crippen LogP contribution in [0.2, 0.25) is 0 Å². The van der Waals surface area contributed by atoms with Gasteiger partial charge in [0.1, 0.15) is 5.69 Å². The number of aromatic nitrogens is 2. The summed E-state index contributed by atoms with van der Waals surface area (Å²) in [5.74, 6) is -1.21. The van der Waals surface area contributed by atoms with Crippen LogP contribution < -0.4 is 5.32 Å². The summed E-state index contributed by atoms with van der Waals surface area (Å²) in [7, 11) is 0. The summed E-state index contributed by atoms with van der Waals surface area (Å²) in [6, 6.07) is 0. The zero-order valence-corrected chi connectivity index (χ0v) is 12.6. The van der Waals surface area contributed by atoms with Crippen molar-refractivity contribution in [1.82, 2.24) is 15.3 Å². The molecule has 110 valence electrons. The van der Waals surface area contributed by atoms with Gasteiger partial charge in [-0.3, -0.25) is 14.6 Å². The van der Waals surface area contributed by atoms with Crippen LogP contribution in [-0.2, 0) is 4.79 Å². The van der Waals surface area contributed by atoms with E-state index in [0.29, 0.717) is 17.8 Å². The van der Waals surface area contributed by atoms with Crippen molar-refractivity contribution in [1.29, 1.82) is 0 Å². The van der Waals surface area contributed by atoms with E-state index in [1.807, 2.05) is 6.92 Å². The normalized spacial score (nSPS) is 11.2. The van der Waals surface area contributed by atoms with Gasteiger partial charge < -0.3 is 10.4 Å². The molecule has 6 heteroatoms. The maximum Gasteiger partial charge on any atom is 0.303 e. The van der Waals surface area contributed by atoms with E-state index in [-0.39, 0.29) is 18.0 Å². The minimum absolute atomic E-state index is 0.00483. The van der Waals surface area contributed by atoms with Gasteiger partial charge in [0.05, 0.1) is 17.1 Å². The molecule has 0 saturated carbocycles. The number of carboxylic acids is 1. The Morgan fingerprint density at radius 3 is 2.20 bits per heavy atom. The van der Waals surface area contributed by atoms with Gasteiger partial charge in [0.2, 0.25) is 0 Å². The number of amides is 1. The molecule has 1 aromatic heterocycles. The lowest BCUT2D eigenvalue weighted by molar-refractivity contribution is -0.137. The zero-order chi connectivity index (χ0) is 15.5. The SMILES string of the molecule is Cc1nc(C)c(C(=O)NC(C)(C)CCC(=O)O)nc1C. The number of carbonyl (C=O) groups excluding carboxylic acids is 1. The Bertz CT molecular complexity index is 539. The fourth-order valence-electron chi connectivity index (χ4n) is 1.78. The van der Waals surface area contributed by atoms with E-state index in [1.54, 1.807) is 27.7 Å². The third-order valence-corrected chi connectivity index (χ3v) is 3.11. The van der Waals surface area contributed by atoms with Crippen molar-refractivity contribution in [2.45, 2.75) is 53.0 Å². The molecule has 20 heavy (non-hydrogen) atoms. The Labute approximate surface area is 118 Å². The smallest absolute Gasteiger partial charge is 0.303 e. The summed E-state index contributed by atoms with van der Waals surface area (Å²) in [4.78, 5) is 31.4. The van der Waals surface area contributed by atoms with Crippen LogP contribution in [0.25, 0.3) is 0 Å². The highest BCUT2D eigenvalue weighted by molar-refractivity contribution is 5.93. The first-order valence-electron chi connectivity index (χ1n) is 6.48. The fourth-order valence-corrected chi connectivity index (χ4v) is 1.78. The first kappa shape index (κ1) is 16.1. The molecule has 0 radical (unpaired) electrons. The van der Waals surface area contributed by atoms with Gasteiger partial charge in [-0.1, -0.05) is 0 Å². The number of aryl methyl sites for hydroxylation is 3. The summed E-state index contributed by atoms with van der Waals surface area (Å²) in [5.41, 5.74) is 1.76. The third-order valence-electron chi connectivity index (χ3n) is 3.11. The molecule has 1 aromatic rings. The van der Waals surface area contributed by atoms with Crippen molar-refractivity contribution >= 4 is 11.9 Å². The molecule has 1 amide bonds. The first-order valence-corrected chi connectivity index (χ1v) is 6.48. The number of rotatable bonds is 5. The second kappa shape index (κ2) is 5.98. The van der Waals surface area contributed by atoms with Crippen LogP contribution >= 0.6 is 0 Å². The molecule has 2 N–H and O–H groups in total. The van der Waals surface area contributed by atoms with Crippen molar-refractivity contribution in [3.05, 3.63) is 22.8 Å². The highest BCUT2D eigenvalue weighted by atomic mass is 16.4. The van der Waals surface area contributed by atoms with Crippen LogP contribution in [-0.4, -0.2) is 32.5 Å². The largest absolute Gasteiger partial charge is 0.481 e. The number of carbonyl (C=O) groups is 2. The standard InChI is InChI=1S/C14H21N3O3/c1-8-9(2)16-12(10(3)15-8)13(20)17-14(4,5)7-6-11(18)19/h6-7H2,1-5H3,(H,17,20)(H,18,19). The minimum atomic E-state index is -0.880. The van der Waals surface area contributed by atoms with Crippen LogP contribution in [0.3, 0.4) is 0 Å². The van der Waals surface area contributed by atoms with Gasteiger partial charge in [-0.2, -0.15) is 0 Å². The zero-order valence-electron chi connectivity index (χ0n) is 12.6. The van der Waals surface area contributed by atoms with Gasteiger partial charge in [-0.15, -0.1) is 0 Å². The predicted octanol–water partition coefficient (Wildman–Crippen LogP) is 1.78.